The van der Waals surface area contributed by atoms with E-state index in [1.54, 1.807) is 6.92 Å². The summed E-state index contributed by atoms with van der Waals surface area (Å²) in [6, 6.07) is 0. The van der Waals surface area contributed by atoms with E-state index in [0.29, 0.717) is 5.92 Å². The Labute approximate surface area is 76.6 Å². The van der Waals surface area contributed by atoms with Gasteiger partial charge in [-0.1, -0.05) is 39.5 Å². The van der Waals surface area contributed by atoms with Crippen LogP contribution in [0.15, 0.2) is 0 Å². The molecule has 1 heteroatoms. The lowest BCUT2D eigenvalue weighted by atomic mass is 9.92. The van der Waals surface area contributed by atoms with E-state index < -0.39 is 6.17 Å². The second-order valence-electron chi connectivity index (χ2n) is 3.72. The van der Waals surface area contributed by atoms with Gasteiger partial charge in [-0.15, -0.1) is 0 Å². The Balaban J connectivity index is 3.55. The Kier molecular flexibility index (Phi) is 7.53. The summed E-state index contributed by atoms with van der Waals surface area (Å²) < 4.78 is 13.0. The normalized spacial score (nSPS) is 13.8. The van der Waals surface area contributed by atoms with Gasteiger partial charge in [0, 0.05) is 0 Å². The van der Waals surface area contributed by atoms with Crippen LogP contribution >= 0.6 is 0 Å². The standard InChI is InChI=1S/C11H23F/c1-4-6-8-11(10(3)12)9-7-5-2/h10-11H,4-9H2,1-3H3. The topological polar surface area (TPSA) is 0 Å². The number of halogens is 1. The van der Waals surface area contributed by atoms with E-state index >= 15 is 0 Å². The van der Waals surface area contributed by atoms with Crippen LogP contribution in [0.5, 0.6) is 0 Å². The highest BCUT2D eigenvalue weighted by Crippen LogP contribution is 2.21. The third-order valence-electron chi connectivity index (χ3n) is 2.51. The fourth-order valence-electron chi connectivity index (χ4n) is 1.54. The van der Waals surface area contributed by atoms with Gasteiger partial charge in [0.25, 0.3) is 0 Å². The monoisotopic (exact) mass is 174 g/mol. The SMILES string of the molecule is CCCCC(CCCC)C(C)F. The molecule has 0 aliphatic carbocycles. The molecular weight excluding hydrogens is 151 g/mol. The minimum absolute atomic E-state index is 0.324. The van der Waals surface area contributed by atoms with Gasteiger partial charge >= 0.3 is 0 Å². The summed E-state index contributed by atoms with van der Waals surface area (Å²) in [6.07, 6.45) is 6.29. The first-order valence-corrected chi connectivity index (χ1v) is 5.36. The average Bonchev–Trinajstić information content (AvgIpc) is 2.04. The molecule has 0 saturated carbocycles. The van der Waals surface area contributed by atoms with E-state index in [-0.39, 0.29) is 0 Å². The first kappa shape index (κ1) is 11.9. The van der Waals surface area contributed by atoms with Gasteiger partial charge in [-0.3, -0.25) is 0 Å². The van der Waals surface area contributed by atoms with Crippen LogP contribution in [0, 0.1) is 5.92 Å². The van der Waals surface area contributed by atoms with Crippen molar-refractivity contribution in [2.75, 3.05) is 0 Å². The highest BCUT2D eigenvalue weighted by molar-refractivity contribution is 4.65. The molecule has 12 heavy (non-hydrogen) atoms. The zero-order valence-corrected chi connectivity index (χ0v) is 8.78. The van der Waals surface area contributed by atoms with E-state index in [0.717, 1.165) is 12.8 Å². The maximum absolute atomic E-state index is 13.0. The molecule has 0 heterocycles. The number of alkyl halides is 1. The lowest BCUT2D eigenvalue weighted by Gasteiger charge is -2.17. The van der Waals surface area contributed by atoms with Crippen LogP contribution in [0.25, 0.3) is 0 Å². The maximum Gasteiger partial charge on any atom is 0.100 e. The summed E-state index contributed by atoms with van der Waals surface area (Å²) >= 11 is 0. The molecule has 0 aliphatic heterocycles. The largest absolute Gasteiger partial charge is 0.247 e. The molecule has 0 fully saturated rings. The summed E-state index contributed by atoms with van der Waals surface area (Å²) in [5, 5.41) is 0. The van der Waals surface area contributed by atoms with Crippen LogP contribution in [0.3, 0.4) is 0 Å². The Hall–Kier alpha value is -0.0700. The van der Waals surface area contributed by atoms with Crippen LogP contribution in [0.2, 0.25) is 0 Å². The summed E-state index contributed by atoms with van der Waals surface area (Å²) in [7, 11) is 0. The van der Waals surface area contributed by atoms with Crippen molar-refractivity contribution < 1.29 is 4.39 Å². The molecule has 0 radical (unpaired) electrons. The fourth-order valence-corrected chi connectivity index (χ4v) is 1.54. The van der Waals surface area contributed by atoms with Crippen molar-refractivity contribution >= 4 is 0 Å². The Morgan fingerprint density at radius 2 is 1.42 bits per heavy atom. The van der Waals surface area contributed by atoms with Crippen molar-refractivity contribution in [3.63, 3.8) is 0 Å². The van der Waals surface area contributed by atoms with Crippen molar-refractivity contribution in [1.82, 2.24) is 0 Å². The molecular formula is C11H23F. The van der Waals surface area contributed by atoms with Crippen LogP contribution in [0.4, 0.5) is 4.39 Å². The zero-order chi connectivity index (χ0) is 9.40. The smallest absolute Gasteiger partial charge is 0.100 e. The summed E-state index contributed by atoms with van der Waals surface area (Å²) in [5.74, 6) is 0.324. The van der Waals surface area contributed by atoms with E-state index in [9.17, 15) is 4.39 Å². The van der Waals surface area contributed by atoms with Crippen molar-refractivity contribution in [3.8, 4) is 0 Å². The minimum Gasteiger partial charge on any atom is -0.247 e. The predicted molar refractivity (Wildman–Crippen MR) is 53.1 cm³/mol. The molecule has 0 aromatic heterocycles. The van der Waals surface area contributed by atoms with Crippen LogP contribution < -0.4 is 0 Å². The molecule has 1 atom stereocenters. The summed E-state index contributed by atoms with van der Waals surface area (Å²) in [5.41, 5.74) is 0. The van der Waals surface area contributed by atoms with E-state index in [1.165, 1.54) is 25.7 Å². The van der Waals surface area contributed by atoms with Crippen molar-refractivity contribution in [3.05, 3.63) is 0 Å². The van der Waals surface area contributed by atoms with Crippen molar-refractivity contribution in [2.24, 2.45) is 5.92 Å². The zero-order valence-electron chi connectivity index (χ0n) is 8.78. The van der Waals surface area contributed by atoms with Gasteiger partial charge in [0.1, 0.15) is 6.17 Å². The molecule has 74 valence electrons. The third-order valence-corrected chi connectivity index (χ3v) is 2.51. The Bertz CT molecular complexity index is 81.0. The lowest BCUT2D eigenvalue weighted by molar-refractivity contribution is 0.218. The molecule has 0 N–H and O–H groups in total. The number of rotatable bonds is 7. The molecule has 0 amide bonds. The van der Waals surface area contributed by atoms with Crippen LogP contribution in [-0.4, -0.2) is 6.17 Å². The van der Waals surface area contributed by atoms with Crippen molar-refractivity contribution in [2.45, 2.75) is 65.5 Å². The van der Waals surface area contributed by atoms with Crippen molar-refractivity contribution in [1.29, 1.82) is 0 Å². The van der Waals surface area contributed by atoms with Gasteiger partial charge in [0.2, 0.25) is 0 Å². The predicted octanol–water partition coefficient (Wildman–Crippen LogP) is 4.34. The molecule has 0 aliphatic rings. The van der Waals surface area contributed by atoms with Crippen LogP contribution in [-0.2, 0) is 0 Å². The molecule has 0 aromatic carbocycles. The fraction of sp³-hybridized carbons (Fsp3) is 1.00. The first-order chi connectivity index (χ1) is 5.72. The van der Waals surface area contributed by atoms with Gasteiger partial charge in [-0.05, 0) is 25.7 Å². The first-order valence-electron chi connectivity index (χ1n) is 5.36. The van der Waals surface area contributed by atoms with E-state index in [2.05, 4.69) is 13.8 Å². The molecule has 0 bridgehead atoms. The van der Waals surface area contributed by atoms with Gasteiger partial charge in [0.05, 0.1) is 0 Å². The second-order valence-corrected chi connectivity index (χ2v) is 3.72. The van der Waals surface area contributed by atoms with Gasteiger partial charge in [-0.25, -0.2) is 4.39 Å². The Morgan fingerprint density at radius 1 is 1.00 bits per heavy atom. The number of hydrogen-bond acceptors (Lipinski definition) is 0. The van der Waals surface area contributed by atoms with Gasteiger partial charge < -0.3 is 0 Å². The highest BCUT2D eigenvalue weighted by atomic mass is 19.1. The molecule has 0 saturated heterocycles. The number of unbranched alkanes of at least 4 members (excludes halogenated alkanes) is 2. The third kappa shape index (κ3) is 5.56. The average molecular weight is 174 g/mol. The maximum atomic E-state index is 13.0. The highest BCUT2D eigenvalue weighted by Gasteiger charge is 2.14. The summed E-state index contributed by atoms with van der Waals surface area (Å²) in [4.78, 5) is 0. The minimum atomic E-state index is -0.608. The number of hydrogen-bond donors (Lipinski definition) is 0. The molecule has 0 nitrogen and oxygen atoms in total. The Morgan fingerprint density at radius 3 is 1.67 bits per heavy atom. The van der Waals surface area contributed by atoms with Gasteiger partial charge in [0.15, 0.2) is 0 Å². The molecule has 0 spiro atoms. The van der Waals surface area contributed by atoms with Gasteiger partial charge in [-0.2, -0.15) is 0 Å². The quantitative estimate of drug-likeness (QED) is 0.538. The molecule has 0 aromatic rings. The van der Waals surface area contributed by atoms with E-state index in [4.69, 9.17) is 0 Å². The lowest BCUT2D eigenvalue weighted by Crippen LogP contribution is -2.12. The van der Waals surface area contributed by atoms with Crippen LogP contribution in [0.1, 0.15) is 59.3 Å². The molecule has 1 unspecified atom stereocenters. The second kappa shape index (κ2) is 7.57. The van der Waals surface area contributed by atoms with E-state index in [1.807, 2.05) is 0 Å². The summed E-state index contributed by atoms with van der Waals surface area (Å²) in [6.45, 7) is 6.04. The molecule has 0 rings (SSSR count).